The Balaban J connectivity index is 2.53. The largest absolute Gasteiger partial charge is 0.393 e. The van der Waals surface area contributed by atoms with Crippen LogP contribution in [0, 0.1) is 5.92 Å². The standard InChI is InChI=1S/C9H16O/c1-3-8-7(2)5-4-6-9(8)10/h8-10H,2-6H2,1H3/t8-,9-/m1/s1. The molecular formula is C9H16O. The van der Waals surface area contributed by atoms with Crippen LogP contribution in [0.5, 0.6) is 0 Å². The first kappa shape index (κ1) is 7.80. The molecule has 0 aromatic rings. The highest BCUT2D eigenvalue weighted by atomic mass is 16.3. The first-order valence-electron chi connectivity index (χ1n) is 4.11. The number of aliphatic hydroxyl groups excluding tert-OH is 1. The van der Waals surface area contributed by atoms with Gasteiger partial charge in [0.15, 0.2) is 0 Å². The Morgan fingerprint density at radius 3 is 2.80 bits per heavy atom. The maximum absolute atomic E-state index is 9.48. The summed E-state index contributed by atoms with van der Waals surface area (Å²) in [6, 6.07) is 0. The van der Waals surface area contributed by atoms with E-state index in [4.69, 9.17) is 0 Å². The molecule has 0 amide bonds. The van der Waals surface area contributed by atoms with Crippen LogP contribution in [0.1, 0.15) is 32.6 Å². The third-order valence-corrected chi connectivity index (χ3v) is 2.43. The smallest absolute Gasteiger partial charge is 0.0605 e. The van der Waals surface area contributed by atoms with Crippen LogP contribution >= 0.6 is 0 Å². The molecule has 0 unspecified atom stereocenters. The highest BCUT2D eigenvalue weighted by Crippen LogP contribution is 2.30. The Kier molecular flexibility index (Phi) is 2.50. The summed E-state index contributed by atoms with van der Waals surface area (Å²) in [5, 5.41) is 9.48. The first-order valence-corrected chi connectivity index (χ1v) is 4.11. The molecule has 0 radical (unpaired) electrons. The first-order chi connectivity index (χ1) is 4.75. The van der Waals surface area contributed by atoms with Gasteiger partial charge in [-0.1, -0.05) is 19.1 Å². The molecule has 1 fully saturated rings. The van der Waals surface area contributed by atoms with E-state index in [-0.39, 0.29) is 6.10 Å². The Bertz CT molecular complexity index is 129. The van der Waals surface area contributed by atoms with E-state index in [0.717, 1.165) is 25.7 Å². The normalized spacial score (nSPS) is 34.4. The van der Waals surface area contributed by atoms with Crippen molar-refractivity contribution < 1.29 is 5.11 Å². The van der Waals surface area contributed by atoms with E-state index >= 15 is 0 Å². The zero-order valence-electron chi connectivity index (χ0n) is 6.64. The van der Waals surface area contributed by atoms with Crippen molar-refractivity contribution in [3.05, 3.63) is 12.2 Å². The van der Waals surface area contributed by atoms with Crippen LogP contribution in [0.15, 0.2) is 12.2 Å². The van der Waals surface area contributed by atoms with Gasteiger partial charge in [-0.05, 0) is 25.7 Å². The van der Waals surface area contributed by atoms with E-state index in [1.807, 2.05) is 0 Å². The van der Waals surface area contributed by atoms with Crippen LogP contribution in [-0.2, 0) is 0 Å². The van der Waals surface area contributed by atoms with E-state index in [2.05, 4.69) is 13.5 Å². The van der Waals surface area contributed by atoms with Gasteiger partial charge in [0.2, 0.25) is 0 Å². The Hall–Kier alpha value is -0.300. The predicted molar refractivity (Wildman–Crippen MR) is 42.8 cm³/mol. The summed E-state index contributed by atoms with van der Waals surface area (Å²) in [6.07, 6.45) is 4.15. The number of hydrogen-bond acceptors (Lipinski definition) is 1. The van der Waals surface area contributed by atoms with Gasteiger partial charge in [-0.3, -0.25) is 0 Å². The van der Waals surface area contributed by atoms with Crippen molar-refractivity contribution in [1.82, 2.24) is 0 Å². The highest BCUT2D eigenvalue weighted by Gasteiger charge is 2.23. The fraction of sp³-hybridized carbons (Fsp3) is 0.778. The molecule has 0 aromatic heterocycles. The van der Waals surface area contributed by atoms with Crippen molar-refractivity contribution in [2.45, 2.75) is 38.7 Å². The molecule has 0 spiro atoms. The van der Waals surface area contributed by atoms with E-state index in [1.165, 1.54) is 5.57 Å². The summed E-state index contributed by atoms with van der Waals surface area (Å²) < 4.78 is 0. The molecule has 1 aliphatic carbocycles. The molecule has 1 nitrogen and oxygen atoms in total. The van der Waals surface area contributed by atoms with Crippen molar-refractivity contribution in [2.75, 3.05) is 0 Å². The summed E-state index contributed by atoms with van der Waals surface area (Å²) >= 11 is 0. The van der Waals surface area contributed by atoms with E-state index < -0.39 is 0 Å². The van der Waals surface area contributed by atoms with Gasteiger partial charge in [0.05, 0.1) is 6.10 Å². The quantitative estimate of drug-likeness (QED) is 0.553. The zero-order valence-corrected chi connectivity index (χ0v) is 6.64. The van der Waals surface area contributed by atoms with Crippen molar-refractivity contribution in [1.29, 1.82) is 0 Å². The molecule has 1 rings (SSSR count). The average Bonchev–Trinajstić information content (AvgIpc) is 1.88. The van der Waals surface area contributed by atoms with Gasteiger partial charge in [-0.15, -0.1) is 0 Å². The maximum atomic E-state index is 9.48. The summed E-state index contributed by atoms with van der Waals surface area (Å²) in [5.74, 6) is 0.383. The van der Waals surface area contributed by atoms with Gasteiger partial charge in [-0.2, -0.15) is 0 Å². The average molecular weight is 140 g/mol. The van der Waals surface area contributed by atoms with Gasteiger partial charge in [0.1, 0.15) is 0 Å². The SMILES string of the molecule is C=C1CCC[C@@H](O)[C@@H]1CC. The zero-order chi connectivity index (χ0) is 7.56. The lowest BCUT2D eigenvalue weighted by atomic mass is 9.81. The number of aliphatic hydroxyl groups is 1. The molecule has 0 saturated heterocycles. The fourth-order valence-corrected chi connectivity index (χ4v) is 1.76. The Morgan fingerprint density at radius 2 is 2.40 bits per heavy atom. The van der Waals surface area contributed by atoms with Gasteiger partial charge in [0.25, 0.3) is 0 Å². The number of rotatable bonds is 1. The van der Waals surface area contributed by atoms with Gasteiger partial charge < -0.3 is 5.11 Å². The Morgan fingerprint density at radius 1 is 1.70 bits per heavy atom. The lowest BCUT2D eigenvalue weighted by Crippen LogP contribution is -2.25. The molecule has 58 valence electrons. The summed E-state index contributed by atoms with van der Waals surface area (Å²) in [5.41, 5.74) is 1.25. The third kappa shape index (κ3) is 1.40. The second-order valence-corrected chi connectivity index (χ2v) is 3.13. The van der Waals surface area contributed by atoms with E-state index in [9.17, 15) is 5.11 Å². The maximum Gasteiger partial charge on any atom is 0.0605 e. The second-order valence-electron chi connectivity index (χ2n) is 3.13. The van der Waals surface area contributed by atoms with Crippen LogP contribution in [0.2, 0.25) is 0 Å². The molecule has 1 aliphatic rings. The minimum atomic E-state index is -0.105. The molecule has 1 saturated carbocycles. The molecule has 0 heterocycles. The van der Waals surface area contributed by atoms with Crippen LogP contribution in [-0.4, -0.2) is 11.2 Å². The topological polar surface area (TPSA) is 20.2 Å². The van der Waals surface area contributed by atoms with Crippen LogP contribution in [0.25, 0.3) is 0 Å². The number of hydrogen-bond donors (Lipinski definition) is 1. The molecular weight excluding hydrogens is 124 g/mol. The molecule has 0 bridgehead atoms. The van der Waals surface area contributed by atoms with E-state index in [0.29, 0.717) is 5.92 Å². The summed E-state index contributed by atoms with van der Waals surface area (Å²) in [4.78, 5) is 0. The monoisotopic (exact) mass is 140 g/mol. The van der Waals surface area contributed by atoms with Crippen molar-refractivity contribution in [2.24, 2.45) is 5.92 Å². The van der Waals surface area contributed by atoms with Crippen molar-refractivity contribution >= 4 is 0 Å². The molecule has 1 N–H and O–H groups in total. The van der Waals surface area contributed by atoms with Gasteiger partial charge in [-0.25, -0.2) is 0 Å². The van der Waals surface area contributed by atoms with Gasteiger partial charge in [0, 0.05) is 5.92 Å². The second kappa shape index (κ2) is 3.20. The van der Waals surface area contributed by atoms with Crippen LogP contribution < -0.4 is 0 Å². The molecule has 0 aromatic carbocycles. The van der Waals surface area contributed by atoms with Crippen molar-refractivity contribution in [3.8, 4) is 0 Å². The molecule has 2 atom stereocenters. The summed E-state index contributed by atoms with van der Waals surface area (Å²) in [7, 11) is 0. The minimum Gasteiger partial charge on any atom is -0.393 e. The third-order valence-electron chi connectivity index (χ3n) is 2.43. The predicted octanol–water partition coefficient (Wildman–Crippen LogP) is 2.11. The Labute approximate surface area is 62.8 Å². The highest BCUT2D eigenvalue weighted by molar-refractivity contribution is 5.05. The summed E-state index contributed by atoms with van der Waals surface area (Å²) in [6.45, 7) is 6.07. The minimum absolute atomic E-state index is 0.105. The lowest BCUT2D eigenvalue weighted by molar-refractivity contribution is 0.0961. The molecule has 10 heavy (non-hydrogen) atoms. The van der Waals surface area contributed by atoms with Crippen molar-refractivity contribution in [3.63, 3.8) is 0 Å². The van der Waals surface area contributed by atoms with Crippen LogP contribution in [0.4, 0.5) is 0 Å². The molecule has 1 heteroatoms. The lowest BCUT2D eigenvalue weighted by Gasteiger charge is -2.28. The van der Waals surface area contributed by atoms with E-state index in [1.54, 1.807) is 0 Å². The molecule has 0 aliphatic heterocycles. The fourth-order valence-electron chi connectivity index (χ4n) is 1.76. The van der Waals surface area contributed by atoms with Crippen LogP contribution in [0.3, 0.4) is 0 Å². The van der Waals surface area contributed by atoms with Gasteiger partial charge >= 0.3 is 0 Å².